The normalized spacial score (nSPS) is 15.6. The van der Waals surface area contributed by atoms with Gasteiger partial charge in [-0.05, 0) is 29.8 Å². The number of fused-ring (bicyclic) bond motifs is 1. The van der Waals surface area contributed by atoms with Gasteiger partial charge < -0.3 is 5.32 Å². The van der Waals surface area contributed by atoms with Crippen LogP contribution in [-0.2, 0) is 0 Å². The van der Waals surface area contributed by atoms with Crippen molar-refractivity contribution in [2.45, 2.75) is 0 Å². The molecule has 0 spiro atoms. The fourth-order valence-corrected chi connectivity index (χ4v) is 2.47. The predicted octanol–water partition coefficient (Wildman–Crippen LogP) is 3.69. The van der Waals surface area contributed by atoms with Crippen LogP contribution in [0, 0.1) is 0 Å². The number of carbonyl (C=O) groups is 1. The molecule has 0 aromatic heterocycles. The minimum atomic E-state index is -0.0353. The van der Waals surface area contributed by atoms with Crippen molar-refractivity contribution in [1.29, 1.82) is 0 Å². The van der Waals surface area contributed by atoms with Crippen LogP contribution in [0.5, 0.6) is 0 Å². The van der Waals surface area contributed by atoms with Gasteiger partial charge in [-0.15, -0.1) is 0 Å². The van der Waals surface area contributed by atoms with Gasteiger partial charge in [0.25, 0.3) is 5.91 Å². The Kier molecular flexibility index (Phi) is 2.76. The molecule has 88 valence electrons. The second-order valence-electron chi connectivity index (χ2n) is 4.11. The predicted molar refractivity (Wildman–Crippen MR) is 75.9 cm³/mol. The average molecular weight is 300 g/mol. The summed E-state index contributed by atoms with van der Waals surface area (Å²) in [6.07, 6.45) is 1.98. The Balaban J connectivity index is 2.07. The van der Waals surface area contributed by atoms with Crippen LogP contribution in [0.1, 0.15) is 21.5 Å². The number of carbonyl (C=O) groups excluding carboxylic acids is 1. The summed E-state index contributed by atoms with van der Waals surface area (Å²) in [6.45, 7) is 0. The summed E-state index contributed by atoms with van der Waals surface area (Å²) in [4.78, 5) is 11.8. The molecular weight excluding hydrogens is 290 g/mol. The van der Waals surface area contributed by atoms with Crippen molar-refractivity contribution >= 4 is 33.6 Å². The van der Waals surface area contributed by atoms with E-state index >= 15 is 0 Å². The third-order valence-electron chi connectivity index (χ3n) is 2.87. The zero-order valence-electron chi connectivity index (χ0n) is 9.48. The molecule has 3 heteroatoms. The van der Waals surface area contributed by atoms with Gasteiger partial charge in [0.05, 0.1) is 0 Å². The molecule has 0 atom stereocenters. The summed E-state index contributed by atoms with van der Waals surface area (Å²) >= 11 is 3.44. The highest BCUT2D eigenvalue weighted by Gasteiger charge is 2.22. The van der Waals surface area contributed by atoms with Crippen LogP contribution in [0.3, 0.4) is 0 Å². The summed E-state index contributed by atoms with van der Waals surface area (Å²) in [5.41, 5.74) is 3.60. The van der Waals surface area contributed by atoms with Crippen molar-refractivity contribution in [1.82, 2.24) is 5.32 Å². The molecule has 2 aromatic rings. The van der Waals surface area contributed by atoms with E-state index in [1.165, 1.54) is 0 Å². The van der Waals surface area contributed by atoms with Gasteiger partial charge in [0.2, 0.25) is 0 Å². The van der Waals surface area contributed by atoms with Crippen LogP contribution < -0.4 is 5.32 Å². The van der Waals surface area contributed by atoms with Gasteiger partial charge >= 0.3 is 0 Å². The number of nitrogens with one attached hydrogen (secondary N) is 1. The van der Waals surface area contributed by atoms with E-state index in [2.05, 4.69) is 21.2 Å². The van der Waals surface area contributed by atoms with E-state index in [9.17, 15) is 4.79 Å². The second kappa shape index (κ2) is 4.42. The molecule has 1 N–H and O–H groups in total. The van der Waals surface area contributed by atoms with Crippen molar-refractivity contribution in [2.24, 2.45) is 0 Å². The van der Waals surface area contributed by atoms with Gasteiger partial charge in [0, 0.05) is 21.3 Å². The highest BCUT2D eigenvalue weighted by atomic mass is 79.9. The number of rotatable bonds is 1. The van der Waals surface area contributed by atoms with Crippen molar-refractivity contribution in [3.8, 4) is 0 Å². The van der Waals surface area contributed by atoms with E-state index in [0.29, 0.717) is 0 Å². The molecule has 0 fully saturated rings. The van der Waals surface area contributed by atoms with E-state index in [1.54, 1.807) is 0 Å². The van der Waals surface area contributed by atoms with Crippen molar-refractivity contribution in [2.75, 3.05) is 0 Å². The van der Waals surface area contributed by atoms with Gasteiger partial charge in [0.15, 0.2) is 0 Å². The highest BCUT2D eigenvalue weighted by molar-refractivity contribution is 9.10. The van der Waals surface area contributed by atoms with Gasteiger partial charge in [-0.25, -0.2) is 0 Å². The molecule has 0 bridgehead atoms. The van der Waals surface area contributed by atoms with Gasteiger partial charge in [-0.2, -0.15) is 0 Å². The Bertz CT molecular complexity index is 661. The minimum absolute atomic E-state index is 0.0353. The SMILES string of the molecule is O=C1NC(=Cc2cccc(Br)c2)c2ccccc21. The van der Waals surface area contributed by atoms with Crippen LogP contribution in [0.25, 0.3) is 11.8 Å². The van der Waals surface area contributed by atoms with Crippen molar-refractivity contribution < 1.29 is 4.79 Å². The standard InChI is InChI=1S/C15H10BrNO/c16-11-5-3-4-10(8-11)9-14-12-6-1-2-7-13(12)15(18)17-14/h1-9H,(H,17,18). The number of halogens is 1. The summed E-state index contributed by atoms with van der Waals surface area (Å²) in [6, 6.07) is 15.6. The highest BCUT2D eigenvalue weighted by Crippen LogP contribution is 2.26. The van der Waals surface area contributed by atoms with Crippen LogP contribution in [0.4, 0.5) is 0 Å². The molecule has 18 heavy (non-hydrogen) atoms. The monoisotopic (exact) mass is 299 g/mol. The molecule has 0 radical (unpaired) electrons. The maximum atomic E-state index is 11.8. The average Bonchev–Trinajstić information content (AvgIpc) is 2.67. The Hall–Kier alpha value is -1.87. The molecule has 2 aromatic carbocycles. The fourth-order valence-electron chi connectivity index (χ4n) is 2.05. The van der Waals surface area contributed by atoms with E-state index in [-0.39, 0.29) is 5.91 Å². The zero-order valence-corrected chi connectivity index (χ0v) is 11.1. The topological polar surface area (TPSA) is 29.1 Å². The minimum Gasteiger partial charge on any atom is -0.321 e. The molecular formula is C15H10BrNO. The fraction of sp³-hybridized carbons (Fsp3) is 0. The largest absolute Gasteiger partial charge is 0.321 e. The van der Waals surface area contributed by atoms with Crippen molar-refractivity contribution in [3.05, 3.63) is 69.7 Å². The Morgan fingerprint density at radius 1 is 1.00 bits per heavy atom. The molecule has 2 nitrogen and oxygen atoms in total. The van der Waals surface area contributed by atoms with E-state index in [4.69, 9.17) is 0 Å². The molecule has 0 unspecified atom stereocenters. The molecule has 3 rings (SSSR count). The summed E-state index contributed by atoms with van der Waals surface area (Å²) in [5, 5.41) is 2.89. The van der Waals surface area contributed by atoms with Gasteiger partial charge in [0.1, 0.15) is 0 Å². The van der Waals surface area contributed by atoms with Crippen LogP contribution in [0.15, 0.2) is 53.0 Å². The molecule has 1 heterocycles. The summed E-state index contributed by atoms with van der Waals surface area (Å²) in [5.74, 6) is -0.0353. The number of hydrogen-bond donors (Lipinski definition) is 1. The van der Waals surface area contributed by atoms with Crippen LogP contribution >= 0.6 is 15.9 Å². The zero-order chi connectivity index (χ0) is 12.5. The lowest BCUT2D eigenvalue weighted by atomic mass is 10.1. The molecule has 0 saturated carbocycles. The number of hydrogen-bond acceptors (Lipinski definition) is 1. The van der Waals surface area contributed by atoms with Crippen molar-refractivity contribution in [3.63, 3.8) is 0 Å². The quantitative estimate of drug-likeness (QED) is 0.855. The second-order valence-corrected chi connectivity index (χ2v) is 5.03. The lowest BCUT2D eigenvalue weighted by Gasteiger charge is -2.00. The molecule has 0 saturated heterocycles. The maximum Gasteiger partial charge on any atom is 0.256 e. The molecule has 0 aliphatic carbocycles. The van der Waals surface area contributed by atoms with E-state index in [1.807, 2.05) is 54.6 Å². The summed E-state index contributed by atoms with van der Waals surface area (Å²) in [7, 11) is 0. The first-order valence-corrected chi connectivity index (χ1v) is 6.41. The smallest absolute Gasteiger partial charge is 0.256 e. The van der Waals surface area contributed by atoms with E-state index < -0.39 is 0 Å². The third kappa shape index (κ3) is 1.97. The first-order valence-electron chi connectivity index (χ1n) is 5.62. The first-order chi connectivity index (χ1) is 8.74. The Labute approximate surface area is 113 Å². The van der Waals surface area contributed by atoms with Crippen LogP contribution in [-0.4, -0.2) is 5.91 Å². The molecule has 1 amide bonds. The number of benzene rings is 2. The lowest BCUT2D eigenvalue weighted by Crippen LogP contribution is -2.11. The Morgan fingerprint density at radius 3 is 2.56 bits per heavy atom. The van der Waals surface area contributed by atoms with Gasteiger partial charge in [-0.1, -0.05) is 46.3 Å². The maximum absolute atomic E-state index is 11.8. The summed E-state index contributed by atoms with van der Waals surface area (Å²) < 4.78 is 1.02. The van der Waals surface area contributed by atoms with Gasteiger partial charge in [-0.3, -0.25) is 4.79 Å². The first kappa shape index (κ1) is 11.2. The third-order valence-corrected chi connectivity index (χ3v) is 3.36. The Morgan fingerprint density at radius 2 is 1.78 bits per heavy atom. The van der Waals surface area contributed by atoms with Crippen LogP contribution in [0.2, 0.25) is 0 Å². The molecule has 1 aliphatic rings. The molecule has 1 aliphatic heterocycles. The van der Waals surface area contributed by atoms with E-state index in [0.717, 1.165) is 26.9 Å². The number of amides is 1. The lowest BCUT2D eigenvalue weighted by molar-refractivity contribution is 0.0981.